The van der Waals surface area contributed by atoms with Crippen LogP contribution in [0.25, 0.3) is 6.08 Å². The summed E-state index contributed by atoms with van der Waals surface area (Å²) in [6.45, 7) is 5.29. The number of rotatable bonds is 1. The molecule has 0 radical (unpaired) electrons. The molecule has 0 amide bonds. The third-order valence-electron chi connectivity index (χ3n) is 2.38. The standard InChI is InChI=1S/C13H12O2/c1-9-7-8-11-5-3-4-6-12(11)13(9)15-10(2)14/h3-8,13H,1H2,2H3. The summed E-state index contributed by atoms with van der Waals surface area (Å²) >= 11 is 0. The Morgan fingerprint density at radius 1 is 1.33 bits per heavy atom. The second-order valence-corrected chi connectivity index (χ2v) is 3.53. The van der Waals surface area contributed by atoms with Crippen LogP contribution in [0.5, 0.6) is 0 Å². The van der Waals surface area contributed by atoms with Crippen LogP contribution in [-0.2, 0) is 9.53 Å². The number of hydrogen-bond acceptors (Lipinski definition) is 2. The van der Waals surface area contributed by atoms with E-state index in [-0.39, 0.29) is 12.1 Å². The van der Waals surface area contributed by atoms with Crippen molar-refractivity contribution >= 4 is 12.0 Å². The third-order valence-corrected chi connectivity index (χ3v) is 2.38. The predicted octanol–water partition coefficient (Wildman–Crippen LogP) is 2.87. The monoisotopic (exact) mass is 200 g/mol. The summed E-state index contributed by atoms with van der Waals surface area (Å²) in [5, 5.41) is 0. The van der Waals surface area contributed by atoms with Crippen molar-refractivity contribution in [3.05, 3.63) is 53.6 Å². The molecule has 76 valence electrons. The van der Waals surface area contributed by atoms with Crippen molar-refractivity contribution < 1.29 is 9.53 Å². The first-order valence-electron chi connectivity index (χ1n) is 4.81. The Kier molecular flexibility index (Phi) is 2.42. The molecule has 0 bridgehead atoms. The molecular weight excluding hydrogens is 188 g/mol. The maximum absolute atomic E-state index is 11.0. The van der Waals surface area contributed by atoms with Crippen molar-refractivity contribution in [2.75, 3.05) is 0 Å². The van der Waals surface area contributed by atoms with Crippen LogP contribution in [0.3, 0.4) is 0 Å². The number of carbonyl (C=O) groups excluding carboxylic acids is 1. The fourth-order valence-electron chi connectivity index (χ4n) is 1.69. The van der Waals surface area contributed by atoms with E-state index >= 15 is 0 Å². The molecule has 1 unspecified atom stereocenters. The van der Waals surface area contributed by atoms with Gasteiger partial charge in [0.05, 0.1) is 0 Å². The first-order chi connectivity index (χ1) is 7.18. The van der Waals surface area contributed by atoms with E-state index in [1.807, 2.05) is 36.4 Å². The van der Waals surface area contributed by atoms with Crippen molar-refractivity contribution in [1.29, 1.82) is 0 Å². The summed E-state index contributed by atoms with van der Waals surface area (Å²) < 4.78 is 5.24. The Bertz CT molecular complexity index is 444. The van der Waals surface area contributed by atoms with Gasteiger partial charge in [0.2, 0.25) is 0 Å². The minimum absolute atomic E-state index is 0.286. The second kappa shape index (κ2) is 3.73. The van der Waals surface area contributed by atoms with Crippen LogP contribution in [0.15, 0.2) is 42.5 Å². The van der Waals surface area contributed by atoms with E-state index in [0.717, 1.165) is 16.7 Å². The van der Waals surface area contributed by atoms with Gasteiger partial charge >= 0.3 is 5.97 Å². The molecule has 1 aliphatic rings. The predicted molar refractivity (Wildman–Crippen MR) is 59.1 cm³/mol. The smallest absolute Gasteiger partial charge is 0.303 e. The highest BCUT2D eigenvalue weighted by Crippen LogP contribution is 2.33. The molecule has 2 rings (SSSR count). The average molecular weight is 200 g/mol. The van der Waals surface area contributed by atoms with E-state index in [0.29, 0.717) is 0 Å². The molecule has 0 saturated heterocycles. The summed E-state index contributed by atoms with van der Waals surface area (Å²) in [5.41, 5.74) is 2.89. The molecule has 15 heavy (non-hydrogen) atoms. The SMILES string of the molecule is C=C1C=Cc2ccccc2C1OC(C)=O. The number of benzene rings is 1. The summed E-state index contributed by atoms with van der Waals surface area (Å²) in [6, 6.07) is 7.84. The van der Waals surface area contributed by atoms with Crippen LogP contribution >= 0.6 is 0 Å². The van der Waals surface area contributed by atoms with Gasteiger partial charge in [-0.05, 0) is 11.1 Å². The van der Waals surface area contributed by atoms with E-state index in [4.69, 9.17) is 4.74 Å². The van der Waals surface area contributed by atoms with E-state index in [2.05, 4.69) is 6.58 Å². The highest BCUT2D eigenvalue weighted by molar-refractivity contribution is 5.69. The lowest BCUT2D eigenvalue weighted by molar-refractivity contribution is -0.144. The number of carbonyl (C=O) groups is 1. The van der Waals surface area contributed by atoms with Crippen molar-refractivity contribution in [1.82, 2.24) is 0 Å². The molecule has 0 fully saturated rings. The fourth-order valence-corrected chi connectivity index (χ4v) is 1.69. The van der Waals surface area contributed by atoms with E-state index < -0.39 is 0 Å². The van der Waals surface area contributed by atoms with Gasteiger partial charge in [0.15, 0.2) is 6.10 Å². The maximum Gasteiger partial charge on any atom is 0.303 e. The van der Waals surface area contributed by atoms with Crippen molar-refractivity contribution in [3.8, 4) is 0 Å². The first kappa shape index (κ1) is 9.71. The van der Waals surface area contributed by atoms with Crippen LogP contribution in [0.4, 0.5) is 0 Å². The zero-order valence-corrected chi connectivity index (χ0v) is 8.57. The molecule has 1 aliphatic carbocycles. The molecule has 0 spiro atoms. The summed E-state index contributed by atoms with van der Waals surface area (Å²) in [6.07, 6.45) is 3.54. The van der Waals surface area contributed by atoms with Crippen LogP contribution in [0.2, 0.25) is 0 Å². The molecule has 0 N–H and O–H groups in total. The minimum Gasteiger partial charge on any atom is -0.453 e. The molecule has 2 heteroatoms. The number of esters is 1. The van der Waals surface area contributed by atoms with Crippen molar-refractivity contribution in [2.45, 2.75) is 13.0 Å². The van der Waals surface area contributed by atoms with Gasteiger partial charge in [-0.3, -0.25) is 4.79 Å². The highest BCUT2D eigenvalue weighted by atomic mass is 16.5. The Morgan fingerprint density at radius 2 is 2.07 bits per heavy atom. The topological polar surface area (TPSA) is 26.3 Å². The van der Waals surface area contributed by atoms with Gasteiger partial charge in [-0.25, -0.2) is 0 Å². The van der Waals surface area contributed by atoms with Gasteiger partial charge in [0, 0.05) is 12.5 Å². The molecule has 1 aromatic carbocycles. The Morgan fingerprint density at radius 3 is 2.80 bits per heavy atom. The zero-order chi connectivity index (χ0) is 10.8. The van der Waals surface area contributed by atoms with Gasteiger partial charge in [0.1, 0.15) is 0 Å². The lowest BCUT2D eigenvalue weighted by atomic mass is 9.92. The molecule has 0 heterocycles. The molecule has 0 aromatic heterocycles. The van der Waals surface area contributed by atoms with E-state index in [9.17, 15) is 4.79 Å². The fraction of sp³-hybridized carbons (Fsp3) is 0.154. The van der Waals surface area contributed by atoms with Crippen LogP contribution in [0, 0.1) is 0 Å². The van der Waals surface area contributed by atoms with Crippen LogP contribution in [-0.4, -0.2) is 5.97 Å². The van der Waals surface area contributed by atoms with Crippen molar-refractivity contribution in [3.63, 3.8) is 0 Å². The zero-order valence-electron chi connectivity index (χ0n) is 8.57. The quantitative estimate of drug-likeness (QED) is 0.651. The Labute approximate surface area is 88.9 Å². The van der Waals surface area contributed by atoms with Gasteiger partial charge in [0.25, 0.3) is 0 Å². The second-order valence-electron chi connectivity index (χ2n) is 3.53. The maximum atomic E-state index is 11.0. The molecule has 1 aromatic rings. The van der Waals surface area contributed by atoms with Gasteiger partial charge in [-0.1, -0.05) is 43.0 Å². The largest absolute Gasteiger partial charge is 0.453 e. The lowest BCUT2D eigenvalue weighted by Crippen LogP contribution is -2.13. The van der Waals surface area contributed by atoms with Crippen LogP contribution < -0.4 is 0 Å². The average Bonchev–Trinajstić information content (AvgIpc) is 2.22. The summed E-state index contributed by atoms with van der Waals surface area (Å²) in [4.78, 5) is 11.0. The van der Waals surface area contributed by atoms with Gasteiger partial charge in [-0.15, -0.1) is 0 Å². The normalized spacial score (nSPS) is 18.5. The first-order valence-corrected chi connectivity index (χ1v) is 4.81. The minimum atomic E-state index is -0.330. The van der Waals surface area contributed by atoms with Crippen LogP contribution in [0.1, 0.15) is 24.2 Å². The van der Waals surface area contributed by atoms with E-state index in [1.165, 1.54) is 6.92 Å². The lowest BCUT2D eigenvalue weighted by Gasteiger charge is -2.23. The van der Waals surface area contributed by atoms with Gasteiger partial charge < -0.3 is 4.74 Å². The molecule has 1 atom stereocenters. The Hall–Kier alpha value is -1.83. The molecule has 0 saturated carbocycles. The Balaban J connectivity index is 2.42. The number of hydrogen-bond donors (Lipinski definition) is 0. The molecule has 2 nitrogen and oxygen atoms in total. The molecule has 0 aliphatic heterocycles. The molecular formula is C13H12O2. The van der Waals surface area contributed by atoms with Crippen molar-refractivity contribution in [2.24, 2.45) is 0 Å². The number of fused-ring (bicyclic) bond motifs is 1. The number of ether oxygens (including phenoxy) is 1. The summed E-state index contributed by atoms with van der Waals surface area (Å²) in [7, 11) is 0. The summed E-state index contributed by atoms with van der Waals surface area (Å²) in [5.74, 6) is -0.286. The van der Waals surface area contributed by atoms with E-state index in [1.54, 1.807) is 0 Å². The highest BCUT2D eigenvalue weighted by Gasteiger charge is 2.21. The third kappa shape index (κ3) is 1.84. The van der Waals surface area contributed by atoms with Gasteiger partial charge in [-0.2, -0.15) is 0 Å².